The highest BCUT2D eigenvalue weighted by molar-refractivity contribution is 6.17. The lowest BCUT2D eigenvalue weighted by Crippen LogP contribution is -1.85. The molecule has 0 aliphatic heterocycles. The smallest absolute Gasteiger partial charge is 0.0462 e. The normalized spacial score (nSPS) is 9.23. The molecular weight excluding hydrogens is 184 g/mol. The molecule has 0 spiro atoms. The minimum absolute atomic E-state index is 0.827. The first kappa shape index (κ1) is 15.7. The molecule has 0 aromatic rings. The van der Waals surface area contributed by atoms with Crippen molar-refractivity contribution in [1.29, 1.82) is 0 Å². The average molecular weight is 209 g/mol. The van der Waals surface area contributed by atoms with Crippen LogP contribution in [-0.2, 0) is 4.74 Å². The van der Waals surface area contributed by atoms with Crippen molar-refractivity contribution in [3.8, 4) is 0 Å². The van der Waals surface area contributed by atoms with E-state index in [4.69, 9.17) is 16.3 Å². The maximum absolute atomic E-state index is 5.38. The van der Waals surface area contributed by atoms with E-state index in [9.17, 15) is 0 Å². The molecule has 0 atom stereocenters. The summed E-state index contributed by atoms with van der Waals surface area (Å²) in [5.74, 6) is 0.827. The van der Waals surface area contributed by atoms with Crippen LogP contribution in [0.25, 0.3) is 0 Å². The van der Waals surface area contributed by atoms with Gasteiger partial charge in [-0.3, -0.25) is 0 Å². The number of rotatable bonds is 7. The van der Waals surface area contributed by atoms with E-state index in [2.05, 4.69) is 13.8 Å². The lowest BCUT2D eigenvalue weighted by Gasteiger charge is -1.92. The molecule has 0 fully saturated rings. The van der Waals surface area contributed by atoms with Crippen LogP contribution < -0.4 is 0 Å². The first-order chi connectivity index (χ1) is 6.33. The van der Waals surface area contributed by atoms with Crippen molar-refractivity contribution >= 4 is 11.6 Å². The molecule has 2 heteroatoms. The SMILES string of the molecule is CCCCCCl.CCCCCOC. The molecular formula is C11H25ClO. The van der Waals surface area contributed by atoms with Crippen molar-refractivity contribution in [1.82, 2.24) is 0 Å². The van der Waals surface area contributed by atoms with Crippen molar-refractivity contribution in [2.24, 2.45) is 0 Å². The van der Waals surface area contributed by atoms with Crippen LogP contribution in [0.5, 0.6) is 0 Å². The summed E-state index contributed by atoms with van der Waals surface area (Å²) in [6.07, 6.45) is 7.53. The van der Waals surface area contributed by atoms with Crippen LogP contribution in [0.3, 0.4) is 0 Å². The molecule has 0 rings (SSSR count). The number of halogens is 1. The van der Waals surface area contributed by atoms with Gasteiger partial charge in [-0.15, -0.1) is 11.6 Å². The first-order valence-corrected chi connectivity index (χ1v) is 5.91. The Morgan fingerprint density at radius 2 is 1.46 bits per heavy atom. The predicted molar refractivity (Wildman–Crippen MR) is 61.6 cm³/mol. The molecule has 13 heavy (non-hydrogen) atoms. The fourth-order valence-electron chi connectivity index (χ4n) is 0.841. The Bertz CT molecular complexity index is 59.1. The summed E-state index contributed by atoms with van der Waals surface area (Å²) >= 11 is 5.38. The quantitative estimate of drug-likeness (QED) is 0.449. The molecule has 0 N–H and O–H groups in total. The zero-order valence-corrected chi connectivity index (χ0v) is 10.2. The predicted octanol–water partition coefficient (Wildman–Crippen LogP) is 4.24. The van der Waals surface area contributed by atoms with E-state index < -0.39 is 0 Å². The number of unbranched alkanes of at least 4 members (excludes halogenated alkanes) is 4. The summed E-state index contributed by atoms with van der Waals surface area (Å²) in [6.45, 7) is 5.29. The van der Waals surface area contributed by atoms with E-state index in [-0.39, 0.29) is 0 Å². The minimum Gasteiger partial charge on any atom is -0.385 e. The van der Waals surface area contributed by atoms with Crippen LogP contribution in [0.4, 0.5) is 0 Å². The van der Waals surface area contributed by atoms with Gasteiger partial charge < -0.3 is 4.74 Å². The Balaban J connectivity index is 0. The van der Waals surface area contributed by atoms with E-state index in [0.29, 0.717) is 0 Å². The van der Waals surface area contributed by atoms with Crippen molar-refractivity contribution in [3.63, 3.8) is 0 Å². The van der Waals surface area contributed by atoms with E-state index >= 15 is 0 Å². The maximum atomic E-state index is 5.38. The van der Waals surface area contributed by atoms with Gasteiger partial charge in [0.1, 0.15) is 0 Å². The Kier molecular flexibility index (Phi) is 21.9. The van der Waals surface area contributed by atoms with Crippen LogP contribution in [0.15, 0.2) is 0 Å². The third kappa shape index (κ3) is 24.5. The number of ether oxygens (including phenoxy) is 1. The number of hydrogen-bond acceptors (Lipinski definition) is 1. The second-order valence-electron chi connectivity index (χ2n) is 3.10. The van der Waals surface area contributed by atoms with Gasteiger partial charge in [0.05, 0.1) is 0 Å². The van der Waals surface area contributed by atoms with Gasteiger partial charge >= 0.3 is 0 Å². The van der Waals surface area contributed by atoms with Gasteiger partial charge in [0.15, 0.2) is 0 Å². The molecule has 0 bridgehead atoms. The molecule has 0 aliphatic rings. The lowest BCUT2D eigenvalue weighted by atomic mass is 10.3. The fourth-order valence-corrected chi connectivity index (χ4v) is 1.03. The van der Waals surface area contributed by atoms with Crippen LogP contribution in [0.2, 0.25) is 0 Å². The van der Waals surface area contributed by atoms with Gasteiger partial charge in [-0.2, -0.15) is 0 Å². The first-order valence-electron chi connectivity index (χ1n) is 5.38. The van der Waals surface area contributed by atoms with Gasteiger partial charge in [0.2, 0.25) is 0 Å². The maximum Gasteiger partial charge on any atom is 0.0462 e. The summed E-state index contributed by atoms with van der Waals surface area (Å²) in [6, 6.07) is 0. The number of hydrogen-bond donors (Lipinski definition) is 0. The zero-order valence-electron chi connectivity index (χ0n) is 9.44. The molecule has 0 aromatic heterocycles. The van der Waals surface area contributed by atoms with Gasteiger partial charge in [0.25, 0.3) is 0 Å². The van der Waals surface area contributed by atoms with Crippen molar-refractivity contribution in [3.05, 3.63) is 0 Å². The molecule has 0 heterocycles. The Morgan fingerprint density at radius 3 is 1.77 bits per heavy atom. The van der Waals surface area contributed by atoms with Gasteiger partial charge in [-0.25, -0.2) is 0 Å². The van der Waals surface area contributed by atoms with Crippen LogP contribution >= 0.6 is 11.6 Å². The Hall–Kier alpha value is 0.250. The molecule has 1 nitrogen and oxygen atoms in total. The van der Waals surface area contributed by atoms with Crippen molar-refractivity contribution < 1.29 is 4.74 Å². The highest BCUT2D eigenvalue weighted by Crippen LogP contribution is 1.93. The molecule has 0 radical (unpaired) electrons. The summed E-state index contributed by atoms with van der Waals surface area (Å²) < 4.78 is 4.84. The molecule has 0 unspecified atom stereocenters. The molecule has 0 amide bonds. The van der Waals surface area contributed by atoms with E-state index in [1.54, 1.807) is 7.11 Å². The monoisotopic (exact) mass is 208 g/mol. The summed E-state index contributed by atoms with van der Waals surface area (Å²) in [5.41, 5.74) is 0. The van der Waals surface area contributed by atoms with Gasteiger partial charge in [0, 0.05) is 19.6 Å². The average Bonchev–Trinajstić information content (AvgIpc) is 2.17. The minimum atomic E-state index is 0.827. The lowest BCUT2D eigenvalue weighted by molar-refractivity contribution is 0.192. The molecule has 0 aromatic carbocycles. The topological polar surface area (TPSA) is 9.23 Å². The number of alkyl halides is 1. The van der Waals surface area contributed by atoms with Crippen LogP contribution in [-0.4, -0.2) is 19.6 Å². The third-order valence-electron chi connectivity index (χ3n) is 1.69. The van der Waals surface area contributed by atoms with E-state index in [1.807, 2.05) is 0 Å². The van der Waals surface area contributed by atoms with Crippen molar-refractivity contribution in [2.75, 3.05) is 19.6 Å². The molecule has 0 saturated heterocycles. The Labute approximate surface area is 88.8 Å². The van der Waals surface area contributed by atoms with Crippen LogP contribution in [0.1, 0.15) is 52.4 Å². The second kappa shape index (κ2) is 18.1. The van der Waals surface area contributed by atoms with Gasteiger partial charge in [-0.05, 0) is 12.8 Å². The van der Waals surface area contributed by atoms with E-state index in [0.717, 1.165) is 12.5 Å². The van der Waals surface area contributed by atoms with Crippen LogP contribution in [0, 0.1) is 0 Å². The van der Waals surface area contributed by atoms with E-state index in [1.165, 1.54) is 38.5 Å². The zero-order chi connectivity index (χ0) is 10.4. The highest BCUT2D eigenvalue weighted by Gasteiger charge is 1.79. The largest absolute Gasteiger partial charge is 0.385 e. The molecule has 0 saturated carbocycles. The summed E-state index contributed by atoms with van der Waals surface area (Å²) in [4.78, 5) is 0. The number of methoxy groups -OCH3 is 1. The third-order valence-corrected chi connectivity index (χ3v) is 1.96. The van der Waals surface area contributed by atoms with Gasteiger partial charge in [-0.1, -0.05) is 39.5 Å². The van der Waals surface area contributed by atoms with Crippen molar-refractivity contribution in [2.45, 2.75) is 52.4 Å². The second-order valence-corrected chi connectivity index (χ2v) is 3.47. The molecule has 82 valence electrons. The standard InChI is InChI=1S/C6H14O.C5H11Cl/c1-3-4-5-6-7-2;1-2-3-4-5-6/h3-6H2,1-2H3;2-5H2,1H3. The molecule has 0 aliphatic carbocycles. The fraction of sp³-hybridized carbons (Fsp3) is 1.00. The summed E-state index contributed by atoms with van der Waals surface area (Å²) in [5, 5.41) is 0. The highest BCUT2D eigenvalue weighted by atomic mass is 35.5. The Morgan fingerprint density at radius 1 is 0.923 bits per heavy atom. The summed E-state index contributed by atoms with van der Waals surface area (Å²) in [7, 11) is 1.75.